The normalized spacial score (nSPS) is 17.8. The maximum Gasteiger partial charge on any atom is 0.384 e. The summed E-state index contributed by atoms with van der Waals surface area (Å²) in [6.07, 6.45) is 1.84. The molecular formula is C9H12O3. The van der Waals surface area contributed by atoms with E-state index in [1.54, 1.807) is 0 Å². The van der Waals surface area contributed by atoms with Crippen LogP contribution in [0.25, 0.3) is 0 Å². The Labute approximate surface area is 72.0 Å². The van der Waals surface area contributed by atoms with Crippen molar-refractivity contribution in [3.8, 4) is 11.8 Å². The number of hydrogen-bond donors (Lipinski definition) is 0. The van der Waals surface area contributed by atoms with Gasteiger partial charge in [0.25, 0.3) is 0 Å². The summed E-state index contributed by atoms with van der Waals surface area (Å²) in [5.41, 5.74) is 0. The SMILES string of the molecule is COC(=O)C#CC1CCOCC1. The topological polar surface area (TPSA) is 35.5 Å². The Kier molecular flexibility index (Phi) is 3.62. The molecule has 0 N–H and O–H groups in total. The van der Waals surface area contributed by atoms with Gasteiger partial charge in [0, 0.05) is 25.1 Å². The van der Waals surface area contributed by atoms with E-state index in [0.717, 1.165) is 26.1 Å². The van der Waals surface area contributed by atoms with Crippen molar-refractivity contribution in [2.24, 2.45) is 5.92 Å². The quantitative estimate of drug-likeness (QED) is 0.301. The number of hydrogen-bond acceptors (Lipinski definition) is 3. The molecule has 1 aliphatic rings. The molecule has 1 aliphatic heterocycles. The highest BCUT2D eigenvalue weighted by molar-refractivity contribution is 5.88. The Balaban J connectivity index is 2.35. The Morgan fingerprint density at radius 2 is 2.17 bits per heavy atom. The van der Waals surface area contributed by atoms with E-state index in [1.807, 2.05) is 0 Å². The molecule has 1 rings (SSSR count). The zero-order valence-electron chi connectivity index (χ0n) is 7.13. The van der Waals surface area contributed by atoms with Crippen LogP contribution in [0.2, 0.25) is 0 Å². The third kappa shape index (κ3) is 2.93. The van der Waals surface area contributed by atoms with Crippen LogP contribution in [0.5, 0.6) is 0 Å². The van der Waals surface area contributed by atoms with Crippen LogP contribution in [-0.2, 0) is 14.3 Å². The van der Waals surface area contributed by atoms with Gasteiger partial charge in [-0.25, -0.2) is 4.79 Å². The van der Waals surface area contributed by atoms with Gasteiger partial charge in [-0.05, 0) is 12.8 Å². The van der Waals surface area contributed by atoms with Gasteiger partial charge in [0.1, 0.15) is 0 Å². The van der Waals surface area contributed by atoms with E-state index in [0.29, 0.717) is 5.92 Å². The molecule has 0 aliphatic carbocycles. The molecule has 66 valence electrons. The summed E-state index contributed by atoms with van der Waals surface area (Å²) in [4.78, 5) is 10.6. The van der Waals surface area contributed by atoms with Gasteiger partial charge in [-0.1, -0.05) is 5.92 Å². The lowest BCUT2D eigenvalue weighted by Gasteiger charge is -2.16. The smallest absolute Gasteiger partial charge is 0.384 e. The molecule has 1 heterocycles. The zero-order chi connectivity index (χ0) is 8.81. The maximum atomic E-state index is 10.6. The van der Waals surface area contributed by atoms with E-state index >= 15 is 0 Å². The minimum atomic E-state index is -0.457. The summed E-state index contributed by atoms with van der Waals surface area (Å²) in [6, 6.07) is 0. The molecule has 0 unspecified atom stereocenters. The van der Waals surface area contributed by atoms with Crippen LogP contribution in [0.15, 0.2) is 0 Å². The van der Waals surface area contributed by atoms with Gasteiger partial charge in [-0.3, -0.25) is 0 Å². The van der Waals surface area contributed by atoms with E-state index in [1.165, 1.54) is 7.11 Å². The van der Waals surface area contributed by atoms with E-state index in [4.69, 9.17) is 4.74 Å². The van der Waals surface area contributed by atoms with Crippen LogP contribution in [0.3, 0.4) is 0 Å². The molecule has 0 aromatic rings. The molecule has 1 saturated heterocycles. The van der Waals surface area contributed by atoms with Crippen molar-refractivity contribution in [2.75, 3.05) is 20.3 Å². The fourth-order valence-electron chi connectivity index (χ4n) is 1.05. The summed E-state index contributed by atoms with van der Waals surface area (Å²) in [7, 11) is 1.33. The summed E-state index contributed by atoms with van der Waals surface area (Å²) < 4.78 is 9.55. The van der Waals surface area contributed by atoms with E-state index in [2.05, 4.69) is 16.6 Å². The first kappa shape index (κ1) is 9.08. The van der Waals surface area contributed by atoms with E-state index < -0.39 is 5.97 Å². The van der Waals surface area contributed by atoms with Gasteiger partial charge < -0.3 is 9.47 Å². The van der Waals surface area contributed by atoms with Crippen LogP contribution in [0, 0.1) is 17.8 Å². The molecular weight excluding hydrogens is 156 g/mol. The standard InChI is InChI=1S/C9H12O3/c1-11-9(10)3-2-8-4-6-12-7-5-8/h8H,4-7H2,1H3. The molecule has 0 aromatic heterocycles. The number of rotatable bonds is 0. The van der Waals surface area contributed by atoms with Crippen molar-refractivity contribution in [1.82, 2.24) is 0 Å². The second-order valence-electron chi connectivity index (χ2n) is 2.65. The Hall–Kier alpha value is -1.01. The maximum absolute atomic E-state index is 10.6. The summed E-state index contributed by atoms with van der Waals surface area (Å²) in [5.74, 6) is 5.15. The predicted molar refractivity (Wildman–Crippen MR) is 43.3 cm³/mol. The molecule has 0 radical (unpaired) electrons. The first-order valence-electron chi connectivity index (χ1n) is 4.00. The van der Waals surface area contributed by atoms with Gasteiger partial charge in [0.05, 0.1) is 7.11 Å². The lowest BCUT2D eigenvalue weighted by molar-refractivity contribution is -0.133. The molecule has 0 bridgehead atoms. The van der Waals surface area contributed by atoms with Gasteiger partial charge >= 0.3 is 5.97 Å². The zero-order valence-corrected chi connectivity index (χ0v) is 7.13. The van der Waals surface area contributed by atoms with Crippen molar-refractivity contribution in [1.29, 1.82) is 0 Å². The van der Waals surface area contributed by atoms with Gasteiger partial charge in [-0.15, -0.1) is 0 Å². The molecule has 0 aromatic carbocycles. The monoisotopic (exact) mass is 168 g/mol. The van der Waals surface area contributed by atoms with Crippen LogP contribution < -0.4 is 0 Å². The minimum Gasteiger partial charge on any atom is -0.459 e. The highest BCUT2D eigenvalue weighted by atomic mass is 16.5. The van der Waals surface area contributed by atoms with E-state index in [-0.39, 0.29) is 0 Å². The van der Waals surface area contributed by atoms with Crippen LogP contribution in [0.4, 0.5) is 0 Å². The average molecular weight is 168 g/mol. The lowest BCUT2D eigenvalue weighted by Crippen LogP contribution is -2.14. The van der Waals surface area contributed by atoms with Crippen LogP contribution in [0.1, 0.15) is 12.8 Å². The second kappa shape index (κ2) is 4.78. The Morgan fingerprint density at radius 1 is 1.50 bits per heavy atom. The minimum absolute atomic E-state index is 0.304. The summed E-state index contributed by atoms with van der Waals surface area (Å²) in [5, 5.41) is 0. The van der Waals surface area contributed by atoms with Crippen LogP contribution >= 0.6 is 0 Å². The number of carbonyl (C=O) groups is 1. The molecule has 1 fully saturated rings. The van der Waals surface area contributed by atoms with Gasteiger partial charge in [-0.2, -0.15) is 0 Å². The molecule has 0 saturated carbocycles. The van der Waals surface area contributed by atoms with Crippen molar-refractivity contribution in [3.63, 3.8) is 0 Å². The first-order chi connectivity index (χ1) is 5.83. The summed E-state index contributed by atoms with van der Waals surface area (Å²) in [6.45, 7) is 1.50. The highest BCUT2D eigenvalue weighted by Crippen LogP contribution is 2.12. The molecule has 0 atom stereocenters. The van der Waals surface area contributed by atoms with Crippen molar-refractivity contribution in [3.05, 3.63) is 0 Å². The molecule has 3 nitrogen and oxygen atoms in total. The molecule has 12 heavy (non-hydrogen) atoms. The van der Waals surface area contributed by atoms with Gasteiger partial charge in [0.2, 0.25) is 0 Å². The number of carbonyl (C=O) groups excluding carboxylic acids is 1. The van der Waals surface area contributed by atoms with Gasteiger partial charge in [0.15, 0.2) is 0 Å². The van der Waals surface area contributed by atoms with Crippen molar-refractivity contribution < 1.29 is 14.3 Å². The predicted octanol–water partition coefficient (Wildman–Crippen LogP) is 0.589. The fourth-order valence-corrected chi connectivity index (χ4v) is 1.05. The lowest BCUT2D eigenvalue weighted by atomic mass is 10.0. The fraction of sp³-hybridized carbons (Fsp3) is 0.667. The molecule has 3 heteroatoms. The van der Waals surface area contributed by atoms with Crippen molar-refractivity contribution >= 4 is 5.97 Å². The Morgan fingerprint density at radius 3 is 2.75 bits per heavy atom. The molecule has 0 spiro atoms. The second-order valence-corrected chi connectivity index (χ2v) is 2.65. The van der Waals surface area contributed by atoms with E-state index in [9.17, 15) is 4.79 Å². The number of esters is 1. The number of methoxy groups -OCH3 is 1. The summed E-state index contributed by atoms with van der Waals surface area (Å²) >= 11 is 0. The average Bonchev–Trinajstić information content (AvgIpc) is 2.16. The third-order valence-corrected chi connectivity index (χ3v) is 1.79. The number of ether oxygens (including phenoxy) is 2. The van der Waals surface area contributed by atoms with Crippen LogP contribution in [-0.4, -0.2) is 26.3 Å². The molecule has 0 amide bonds. The highest BCUT2D eigenvalue weighted by Gasteiger charge is 2.10. The third-order valence-electron chi connectivity index (χ3n) is 1.79. The largest absolute Gasteiger partial charge is 0.459 e. The van der Waals surface area contributed by atoms with Crippen molar-refractivity contribution in [2.45, 2.75) is 12.8 Å². The Bertz CT molecular complexity index is 206. The first-order valence-corrected chi connectivity index (χ1v) is 4.00.